The molecule has 1 aromatic carbocycles. The van der Waals surface area contributed by atoms with Crippen LogP contribution >= 0.6 is 0 Å². The molecule has 0 bridgehead atoms. The molecular weight excluding hydrogens is 366 g/mol. The molecule has 0 spiro atoms. The van der Waals surface area contributed by atoms with E-state index in [1.807, 2.05) is 31.2 Å². The molecule has 6 heteroatoms. The monoisotopic (exact) mass is 399 g/mol. The van der Waals surface area contributed by atoms with E-state index < -0.39 is 0 Å². The van der Waals surface area contributed by atoms with Gasteiger partial charge < -0.3 is 20.2 Å². The number of amides is 3. The van der Waals surface area contributed by atoms with Crippen molar-refractivity contribution in [2.75, 3.05) is 20.2 Å². The highest BCUT2D eigenvalue weighted by Crippen LogP contribution is 2.41. The molecule has 3 rings (SSSR count). The maximum atomic E-state index is 12.6. The first kappa shape index (κ1) is 21.4. The van der Waals surface area contributed by atoms with Crippen molar-refractivity contribution in [3.63, 3.8) is 0 Å². The van der Waals surface area contributed by atoms with Gasteiger partial charge in [-0.1, -0.05) is 49.3 Å². The molecule has 1 heterocycles. The third-order valence-corrected chi connectivity index (χ3v) is 6.27. The van der Waals surface area contributed by atoms with Crippen LogP contribution in [0.15, 0.2) is 30.3 Å². The minimum Gasteiger partial charge on any atom is -0.394 e. The number of likely N-dealkylation sites (tertiary alicyclic amines) is 1. The molecule has 2 aliphatic rings. The van der Waals surface area contributed by atoms with E-state index in [1.54, 1.807) is 16.8 Å². The molecule has 3 amide bonds. The van der Waals surface area contributed by atoms with Gasteiger partial charge in [0.25, 0.3) is 0 Å². The van der Waals surface area contributed by atoms with Crippen LogP contribution in [0.3, 0.4) is 0 Å². The highest BCUT2D eigenvalue weighted by Gasteiger charge is 2.50. The van der Waals surface area contributed by atoms with Gasteiger partial charge in [-0.3, -0.25) is 4.79 Å². The van der Waals surface area contributed by atoms with E-state index >= 15 is 0 Å². The van der Waals surface area contributed by atoms with E-state index in [0.29, 0.717) is 6.54 Å². The van der Waals surface area contributed by atoms with Gasteiger partial charge in [0, 0.05) is 32.5 Å². The lowest BCUT2D eigenvalue weighted by Gasteiger charge is -2.55. The Morgan fingerprint density at radius 1 is 1.21 bits per heavy atom. The van der Waals surface area contributed by atoms with E-state index in [-0.39, 0.29) is 42.6 Å². The number of nitrogens with one attached hydrogen (secondary N) is 1. The second kappa shape index (κ2) is 9.44. The summed E-state index contributed by atoms with van der Waals surface area (Å²) in [6.45, 7) is 3.86. The largest absolute Gasteiger partial charge is 0.394 e. The van der Waals surface area contributed by atoms with Gasteiger partial charge in [0.15, 0.2) is 0 Å². The number of benzene rings is 1. The number of hydrogen-bond donors (Lipinski definition) is 2. The molecule has 0 radical (unpaired) electrons. The molecule has 1 aromatic rings. The Balaban J connectivity index is 1.74. The van der Waals surface area contributed by atoms with Gasteiger partial charge in [0.2, 0.25) is 5.91 Å². The smallest absolute Gasteiger partial charge is 0.317 e. The zero-order valence-corrected chi connectivity index (χ0v) is 17.7. The summed E-state index contributed by atoms with van der Waals surface area (Å²) >= 11 is 0. The van der Waals surface area contributed by atoms with Gasteiger partial charge >= 0.3 is 6.03 Å². The molecule has 29 heavy (non-hydrogen) atoms. The van der Waals surface area contributed by atoms with E-state index in [4.69, 9.17) is 0 Å². The lowest BCUT2D eigenvalue weighted by Crippen LogP contribution is -2.68. The van der Waals surface area contributed by atoms with Crippen molar-refractivity contribution in [1.82, 2.24) is 15.1 Å². The molecule has 0 aromatic heterocycles. The fourth-order valence-electron chi connectivity index (χ4n) is 4.80. The number of rotatable bonds is 6. The van der Waals surface area contributed by atoms with Crippen LogP contribution in [-0.2, 0) is 4.79 Å². The van der Waals surface area contributed by atoms with Crippen LogP contribution in [0.5, 0.6) is 0 Å². The highest BCUT2D eigenvalue weighted by atomic mass is 16.3. The number of likely N-dealkylation sites (N-methyl/N-ethyl adjacent to an activating group) is 1. The van der Waals surface area contributed by atoms with Gasteiger partial charge in [-0.05, 0) is 30.9 Å². The topological polar surface area (TPSA) is 72.9 Å². The summed E-state index contributed by atoms with van der Waals surface area (Å²) in [5.41, 5.74) is 2.20. The second-order valence-electron chi connectivity index (χ2n) is 8.25. The van der Waals surface area contributed by atoms with Crippen LogP contribution in [0.4, 0.5) is 4.79 Å². The SMILES string of the molecule is C/C=C/c1ccc([C@@H]2[C@@H](CN(C)C(=O)NC3CCCC3)N(C(C)=O)[C@H]2CO)cc1. The summed E-state index contributed by atoms with van der Waals surface area (Å²) in [5.74, 6) is -0.0641. The number of allylic oxidation sites excluding steroid dienone is 1. The van der Waals surface area contributed by atoms with Crippen LogP contribution in [0.1, 0.15) is 56.6 Å². The van der Waals surface area contributed by atoms with Gasteiger partial charge in [0.05, 0.1) is 18.7 Å². The lowest BCUT2D eigenvalue weighted by molar-refractivity contribution is -0.148. The first-order valence-electron chi connectivity index (χ1n) is 10.6. The standard InChI is InChI=1S/C23H33N3O3/c1-4-7-17-10-12-18(13-11-17)22-20(26(16(2)28)21(22)15-27)14-25(3)23(29)24-19-8-5-6-9-19/h4,7,10-13,19-22,27H,5-6,8-9,14-15H2,1-3H3,(H,24,29)/b7-4+/t20-,21+,22-/m1/s1. The summed E-state index contributed by atoms with van der Waals surface area (Å²) in [4.78, 5) is 28.3. The van der Waals surface area contributed by atoms with Crippen LogP contribution in [-0.4, -0.2) is 65.2 Å². The fraction of sp³-hybridized carbons (Fsp3) is 0.565. The molecule has 1 aliphatic carbocycles. The Morgan fingerprint density at radius 2 is 1.86 bits per heavy atom. The molecule has 6 nitrogen and oxygen atoms in total. The zero-order chi connectivity index (χ0) is 21.0. The zero-order valence-electron chi connectivity index (χ0n) is 17.7. The number of hydrogen-bond acceptors (Lipinski definition) is 3. The molecule has 1 saturated heterocycles. The van der Waals surface area contributed by atoms with Crippen molar-refractivity contribution >= 4 is 18.0 Å². The van der Waals surface area contributed by atoms with Gasteiger partial charge in [0.1, 0.15) is 0 Å². The second-order valence-corrected chi connectivity index (χ2v) is 8.25. The molecular formula is C23H33N3O3. The summed E-state index contributed by atoms with van der Waals surface area (Å²) in [7, 11) is 1.78. The summed E-state index contributed by atoms with van der Waals surface area (Å²) in [6, 6.07) is 8.00. The third-order valence-electron chi connectivity index (χ3n) is 6.27. The highest BCUT2D eigenvalue weighted by molar-refractivity contribution is 5.77. The summed E-state index contributed by atoms with van der Waals surface area (Å²) in [5, 5.41) is 13.0. The first-order valence-corrected chi connectivity index (χ1v) is 10.6. The minimum atomic E-state index is -0.253. The third kappa shape index (κ3) is 4.64. The van der Waals surface area contributed by atoms with Gasteiger partial charge in [-0.15, -0.1) is 0 Å². The van der Waals surface area contributed by atoms with Crippen LogP contribution in [0, 0.1) is 0 Å². The number of carbonyl (C=O) groups excluding carboxylic acids is 2. The van der Waals surface area contributed by atoms with Crippen molar-refractivity contribution in [2.45, 2.75) is 63.6 Å². The Kier molecular flexibility index (Phi) is 6.96. The van der Waals surface area contributed by atoms with Crippen molar-refractivity contribution in [1.29, 1.82) is 0 Å². The lowest BCUT2D eigenvalue weighted by atomic mass is 9.74. The van der Waals surface area contributed by atoms with E-state index in [0.717, 1.165) is 24.0 Å². The Bertz CT molecular complexity index is 740. The molecule has 158 valence electrons. The average molecular weight is 400 g/mol. The van der Waals surface area contributed by atoms with E-state index in [1.165, 1.54) is 19.8 Å². The normalized spacial score (nSPS) is 24.6. The van der Waals surface area contributed by atoms with Crippen LogP contribution < -0.4 is 5.32 Å². The van der Waals surface area contributed by atoms with Gasteiger partial charge in [-0.25, -0.2) is 4.79 Å². The number of aliphatic hydroxyl groups is 1. The van der Waals surface area contributed by atoms with Crippen LogP contribution in [0.2, 0.25) is 0 Å². The maximum absolute atomic E-state index is 12.6. The summed E-state index contributed by atoms with van der Waals surface area (Å²) in [6.07, 6.45) is 8.44. The van der Waals surface area contributed by atoms with Crippen molar-refractivity contribution in [3.05, 3.63) is 41.5 Å². The first-order chi connectivity index (χ1) is 14.0. The van der Waals surface area contributed by atoms with Crippen LogP contribution in [0.25, 0.3) is 6.08 Å². The molecule has 0 unspecified atom stereocenters. The minimum absolute atomic E-state index is 0.00490. The quantitative estimate of drug-likeness (QED) is 0.772. The Hall–Kier alpha value is -2.34. The molecule has 1 aliphatic heterocycles. The van der Waals surface area contributed by atoms with E-state index in [9.17, 15) is 14.7 Å². The average Bonchev–Trinajstić information content (AvgIpc) is 3.19. The Morgan fingerprint density at radius 3 is 2.41 bits per heavy atom. The predicted molar refractivity (Wildman–Crippen MR) is 114 cm³/mol. The van der Waals surface area contributed by atoms with Crippen molar-refractivity contribution < 1.29 is 14.7 Å². The fourth-order valence-corrected chi connectivity index (χ4v) is 4.80. The van der Waals surface area contributed by atoms with Crippen molar-refractivity contribution in [3.8, 4) is 0 Å². The van der Waals surface area contributed by atoms with E-state index in [2.05, 4.69) is 17.4 Å². The molecule has 1 saturated carbocycles. The predicted octanol–water partition coefficient (Wildman–Crippen LogP) is 2.98. The van der Waals surface area contributed by atoms with Crippen molar-refractivity contribution in [2.24, 2.45) is 0 Å². The number of aliphatic hydroxyl groups excluding tert-OH is 1. The molecule has 2 N–H and O–H groups in total. The molecule has 3 atom stereocenters. The summed E-state index contributed by atoms with van der Waals surface area (Å²) < 4.78 is 0. The number of nitrogens with zero attached hydrogens (tertiary/aromatic N) is 2. The van der Waals surface area contributed by atoms with Gasteiger partial charge in [-0.2, -0.15) is 0 Å². The Labute approximate surface area is 173 Å². The molecule has 2 fully saturated rings. The number of carbonyl (C=O) groups is 2. The maximum Gasteiger partial charge on any atom is 0.317 e. The number of urea groups is 1.